The first kappa shape index (κ1) is 8.97. The van der Waals surface area contributed by atoms with Crippen LogP contribution >= 0.6 is 0 Å². The Morgan fingerprint density at radius 3 is 3.12 bits per heavy atom. The van der Waals surface area contributed by atoms with Gasteiger partial charge < -0.3 is 9.73 Å². The molecule has 2 aromatic rings. The van der Waals surface area contributed by atoms with E-state index in [2.05, 4.69) is 11.4 Å². The molecule has 1 aromatic carbocycles. The summed E-state index contributed by atoms with van der Waals surface area (Å²) in [6.45, 7) is 0. The van der Waals surface area contributed by atoms with Gasteiger partial charge in [-0.3, -0.25) is 4.79 Å². The van der Waals surface area contributed by atoms with Gasteiger partial charge in [0.15, 0.2) is 0 Å². The Morgan fingerprint density at radius 2 is 2.31 bits per heavy atom. The van der Waals surface area contributed by atoms with Crippen LogP contribution in [0.1, 0.15) is 11.3 Å². The molecule has 1 aliphatic rings. The van der Waals surface area contributed by atoms with Crippen molar-refractivity contribution in [3.63, 3.8) is 0 Å². The van der Waals surface area contributed by atoms with E-state index in [0.717, 1.165) is 11.3 Å². The van der Waals surface area contributed by atoms with Crippen molar-refractivity contribution in [1.29, 1.82) is 0 Å². The summed E-state index contributed by atoms with van der Waals surface area (Å²) in [6, 6.07) is 12.0. The summed E-state index contributed by atoms with van der Waals surface area (Å²) in [4.78, 5) is 11.7. The van der Waals surface area contributed by atoms with Crippen LogP contribution in [0.4, 0.5) is 5.69 Å². The number of furan rings is 1. The van der Waals surface area contributed by atoms with Gasteiger partial charge in [-0.1, -0.05) is 6.07 Å². The molecule has 3 nitrogen and oxygen atoms in total. The van der Waals surface area contributed by atoms with E-state index in [0.29, 0.717) is 11.3 Å². The van der Waals surface area contributed by atoms with Crippen molar-refractivity contribution in [2.24, 2.45) is 0 Å². The Hall–Kier alpha value is -2.29. The van der Waals surface area contributed by atoms with Crippen molar-refractivity contribution >= 4 is 23.2 Å². The first-order valence-corrected chi connectivity index (χ1v) is 4.91. The second-order valence-corrected chi connectivity index (χ2v) is 3.50. The maximum Gasteiger partial charge on any atom is 0.256 e. The van der Waals surface area contributed by atoms with Crippen LogP contribution in [-0.2, 0) is 4.79 Å². The Kier molecular flexibility index (Phi) is 1.90. The lowest BCUT2D eigenvalue weighted by Gasteiger charge is -1.95. The summed E-state index contributed by atoms with van der Waals surface area (Å²) < 4.78 is 5.19. The van der Waals surface area contributed by atoms with Crippen LogP contribution in [-0.4, -0.2) is 5.91 Å². The molecule has 0 aliphatic carbocycles. The Morgan fingerprint density at radius 1 is 1.38 bits per heavy atom. The third-order valence-corrected chi connectivity index (χ3v) is 2.48. The lowest BCUT2D eigenvalue weighted by molar-refractivity contribution is -0.110. The molecule has 3 heteroatoms. The minimum Gasteiger partial charge on any atom is -0.465 e. The molecular weight excluding hydrogens is 202 g/mol. The quantitative estimate of drug-likeness (QED) is 0.735. The topological polar surface area (TPSA) is 42.2 Å². The average Bonchev–Trinajstić information content (AvgIpc) is 2.89. The molecular formula is C13H8NO2. The lowest BCUT2D eigenvalue weighted by atomic mass is 10.1. The van der Waals surface area contributed by atoms with Crippen molar-refractivity contribution in [1.82, 2.24) is 0 Å². The van der Waals surface area contributed by atoms with Gasteiger partial charge in [-0.25, -0.2) is 0 Å². The van der Waals surface area contributed by atoms with Gasteiger partial charge in [-0.05, 0) is 36.4 Å². The highest BCUT2D eigenvalue weighted by atomic mass is 16.3. The predicted molar refractivity (Wildman–Crippen MR) is 60.5 cm³/mol. The molecule has 0 fully saturated rings. The van der Waals surface area contributed by atoms with E-state index in [1.165, 1.54) is 0 Å². The third-order valence-electron chi connectivity index (χ3n) is 2.48. The van der Waals surface area contributed by atoms with Crippen LogP contribution in [0, 0.1) is 6.07 Å². The fourth-order valence-electron chi connectivity index (χ4n) is 1.73. The van der Waals surface area contributed by atoms with Crippen molar-refractivity contribution < 1.29 is 9.21 Å². The number of nitrogens with one attached hydrogen (secondary N) is 1. The van der Waals surface area contributed by atoms with Crippen LogP contribution in [0.2, 0.25) is 0 Å². The number of rotatable bonds is 1. The number of hydrogen-bond acceptors (Lipinski definition) is 2. The lowest BCUT2D eigenvalue weighted by Crippen LogP contribution is -2.03. The van der Waals surface area contributed by atoms with Crippen molar-refractivity contribution in [3.05, 3.63) is 54.0 Å². The SMILES string of the molecule is O=C1Nc2cc[c]cc2C1=Cc1ccco1. The number of amides is 1. The molecule has 16 heavy (non-hydrogen) atoms. The maximum absolute atomic E-state index is 11.7. The molecule has 0 spiro atoms. The minimum atomic E-state index is -0.106. The molecule has 3 rings (SSSR count). The van der Waals surface area contributed by atoms with Crippen LogP contribution < -0.4 is 5.32 Å². The number of anilines is 1. The summed E-state index contributed by atoms with van der Waals surface area (Å²) >= 11 is 0. The van der Waals surface area contributed by atoms with E-state index < -0.39 is 0 Å². The smallest absolute Gasteiger partial charge is 0.256 e. The fourth-order valence-corrected chi connectivity index (χ4v) is 1.73. The van der Waals surface area contributed by atoms with E-state index in [4.69, 9.17) is 4.42 Å². The zero-order chi connectivity index (χ0) is 11.0. The van der Waals surface area contributed by atoms with E-state index >= 15 is 0 Å². The molecule has 1 aliphatic heterocycles. The average molecular weight is 210 g/mol. The van der Waals surface area contributed by atoms with Crippen LogP contribution in [0.3, 0.4) is 0 Å². The van der Waals surface area contributed by atoms with Gasteiger partial charge in [-0.15, -0.1) is 0 Å². The van der Waals surface area contributed by atoms with Crippen molar-refractivity contribution in [3.8, 4) is 0 Å². The Bertz CT molecular complexity index is 567. The molecule has 1 radical (unpaired) electrons. The second-order valence-electron chi connectivity index (χ2n) is 3.50. The fraction of sp³-hybridized carbons (Fsp3) is 0. The number of hydrogen-bond donors (Lipinski definition) is 1. The monoisotopic (exact) mass is 210 g/mol. The third kappa shape index (κ3) is 1.34. The molecule has 0 unspecified atom stereocenters. The van der Waals surface area contributed by atoms with Gasteiger partial charge in [0, 0.05) is 11.3 Å². The molecule has 0 saturated heterocycles. The zero-order valence-electron chi connectivity index (χ0n) is 8.36. The summed E-state index contributed by atoms with van der Waals surface area (Å²) in [5.41, 5.74) is 2.30. The van der Waals surface area contributed by atoms with E-state index in [-0.39, 0.29) is 5.91 Å². The number of carbonyl (C=O) groups is 1. The molecule has 2 heterocycles. The van der Waals surface area contributed by atoms with Crippen LogP contribution in [0.25, 0.3) is 11.6 Å². The first-order valence-electron chi connectivity index (χ1n) is 4.91. The van der Waals surface area contributed by atoms with Gasteiger partial charge in [0.1, 0.15) is 5.76 Å². The van der Waals surface area contributed by atoms with Crippen molar-refractivity contribution in [2.75, 3.05) is 5.32 Å². The van der Waals surface area contributed by atoms with Gasteiger partial charge >= 0.3 is 0 Å². The van der Waals surface area contributed by atoms with Gasteiger partial charge in [0.05, 0.1) is 11.8 Å². The Labute approximate surface area is 92.4 Å². The highest BCUT2D eigenvalue weighted by molar-refractivity contribution is 6.34. The molecule has 0 atom stereocenters. The molecule has 1 N–H and O–H groups in total. The van der Waals surface area contributed by atoms with Crippen LogP contribution in [0.5, 0.6) is 0 Å². The van der Waals surface area contributed by atoms with Crippen molar-refractivity contribution in [2.45, 2.75) is 0 Å². The molecule has 0 bridgehead atoms. The zero-order valence-corrected chi connectivity index (χ0v) is 8.36. The first-order chi connectivity index (χ1) is 7.84. The predicted octanol–water partition coefficient (Wildman–Crippen LogP) is 2.57. The highest BCUT2D eigenvalue weighted by Gasteiger charge is 2.23. The van der Waals surface area contributed by atoms with Gasteiger partial charge in [0.25, 0.3) is 5.91 Å². The summed E-state index contributed by atoms with van der Waals surface area (Å²) in [6.07, 6.45) is 3.31. The van der Waals surface area contributed by atoms with Gasteiger partial charge in [0.2, 0.25) is 0 Å². The van der Waals surface area contributed by atoms with E-state index in [1.807, 2.05) is 12.1 Å². The molecule has 0 saturated carbocycles. The standard InChI is InChI=1S/C13H8NO2/c15-13-11(8-9-4-3-7-16-9)10-5-1-2-6-12(10)14-13/h2-8H,(H,14,15). The second kappa shape index (κ2) is 3.38. The summed E-state index contributed by atoms with van der Waals surface area (Å²) in [5.74, 6) is 0.563. The minimum absolute atomic E-state index is 0.106. The number of carbonyl (C=O) groups excluding carboxylic acids is 1. The molecule has 77 valence electrons. The number of benzene rings is 1. The summed E-state index contributed by atoms with van der Waals surface area (Å²) in [5, 5.41) is 2.79. The maximum atomic E-state index is 11.7. The van der Waals surface area contributed by atoms with E-state index in [9.17, 15) is 4.79 Å². The largest absolute Gasteiger partial charge is 0.465 e. The van der Waals surface area contributed by atoms with E-state index in [1.54, 1.807) is 30.5 Å². The number of fused-ring (bicyclic) bond motifs is 1. The normalized spacial score (nSPS) is 16.2. The molecule has 1 amide bonds. The van der Waals surface area contributed by atoms with Crippen LogP contribution in [0.15, 0.2) is 41.0 Å². The Balaban J connectivity index is 2.12. The highest BCUT2D eigenvalue weighted by Crippen LogP contribution is 2.32. The molecule has 1 aromatic heterocycles. The van der Waals surface area contributed by atoms with Gasteiger partial charge in [-0.2, -0.15) is 0 Å². The summed E-state index contributed by atoms with van der Waals surface area (Å²) in [7, 11) is 0.